The highest BCUT2D eigenvalue weighted by Gasteiger charge is 2.48. The fourth-order valence-electron chi connectivity index (χ4n) is 4.93. The molecule has 6 rings (SSSR count). The van der Waals surface area contributed by atoms with Gasteiger partial charge in [0.2, 0.25) is 11.7 Å². The third-order valence-corrected chi connectivity index (χ3v) is 7.17. The predicted octanol–water partition coefficient (Wildman–Crippen LogP) is 3.60. The number of carbonyl (C=O) groups excluding carboxylic acids is 2. The number of hydrogen-bond donors (Lipinski definition) is 2. The quantitative estimate of drug-likeness (QED) is 0.373. The van der Waals surface area contributed by atoms with Gasteiger partial charge in [-0.3, -0.25) is 9.59 Å². The van der Waals surface area contributed by atoms with Gasteiger partial charge in [0.25, 0.3) is 11.8 Å². The molecule has 2 N–H and O–H groups in total. The molecule has 0 spiro atoms. The average molecular weight is 549 g/mol. The summed E-state index contributed by atoms with van der Waals surface area (Å²) in [5.74, 6) is -0.874. The van der Waals surface area contributed by atoms with Crippen LogP contribution in [0.15, 0.2) is 53.6 Å². The molecular formula is C27H22ClFN6O4. The van der Waals surface area contributed by atoms with Gasteiger partial charge in [-0.05, 0) is 47.2 Å². The van der Waals surface area contributed by atoms with Crippen molar-refractivity contribution in [2.24, 2.45) is 0 Å². The molecule has 1 atom stereocenters. The number of hydrogen-bond acceptors (Lipinski definition) is 8. The second kappa shape index (κ2) is 9.83. The van der Waals surface area contributed by atoms with E-state index in [0.29, 0.717) is 24.3 Å². The monoisotopic (exact) mass is 548 g/mol. The molecule has 39 heavy (non-hydrogen) atoms. The number of ether oxygens (including phenoxy) is 1. The van der Waals surface area contributed by atoms with E-state index >= 15 is 4.39 Å². The van der Waals surface area contributed by atoms with Gasteiger partial charge in [-0.15, -0.1) is 0 Å². The van der Waals surface area contributed by atoms with Crippen molar-refractivity contribution >= 4 is 23.4 Å². The predicted molar refractivity (Wildman–Crippen MR) is 137 cm³/mol. The van der Waals surface area contributed by atoms with Gasteiger partial charge >= 0.3 is 0 Å². The minimum Gasteiger partial charge on any atom is -0.375 e. The fourth-order valence-corrected chi connectivity index (χ4v) is 5.14. The van der Waals surface area contributed by atoms with E-state index in [1.165, 1.54) is 24.8 Å². The summed E-state index contributed by atoms with van der Waals surface area (Å²) in [4.78, 5) is 37.9. The minimum absolute atomic E-state index is 0.0649. The van der Waals surface area contributed by atoms with Crippen LogP contribution >= 0.6 is 11.6 Å². The van der Waals surface area contributed by atoms with Crippen LogP contribution in [-0.2, 0) is 16.0 Å². The molecule has 3 heterocycles. The van der Waals surface area contributed by atoms with Gasteiger partial charge in [-0.2, -0.15) is 4.98 Å². The summed E-state index contributed by atoms with van der Waals surface area (Å²) in [6.45, 7) is 1.76. The van der Waals surface area contributed by atoms with Crippen LogP contribution in [0.5, 0.6) is 0 Å². The molecule has 10 nitrogen and oxygen atoms in total. The number of carbonyl (C=O) groups is 2. The number of aromatic nitrogens is 4. The molecule has 0 bridgehead atoms. The molecule has 0 radical (unpaired) electrons. The Bertz CT molecular complexity index is 1590. The van der Waals surface area contributed by atoms with Gasteiger partial charge < -0.3 is 19.9 Å². The van der Waals surface area contributed by atoms with Crippen LogP contribution in [0, 0.1) is 12.7 Å². The highest BCUT2D eigenvalue weighted by atomic mass is 35.5. The van der Waals surface area contributed by atoms with Crippen LogP contribution < -0.4 is 10.6 Å². The Morgan fingerprint density at radius 1 is 1.15 bits per heavy atom. The minimum atomic E-state index is -1.18. The first-order chi connectivity index (χ1) is 18.8. The number of fused-ring (bicyclic) bond motifs is 1. The third kappa shape index (κ3) is 4.64. The molecule has 4 aromatic rings. The van der Waals surface area contributed by atoms with Gasteiger partial charge in [0.05, 0.1) is 30.4 Å². The maximum atomic E-state index is 15.0. The van der Waals surface area contributed by atoms with Gasteiger partial charge in [0, 0.05) is 24.3 Å². The maximum Gasteiger partial charge on any atom is 0.255 e. The molecule has 1 fully saturated rings. The Labute approximate surface area is 227 Å². The molecule has 198 valence electrons. The normalized spacial score (nSPS) is 17.3. The molecule has 2 aromatic carbocycles. The lowest BCUT2D eigenvalue weighted by molar-refractivity contribution is -0.147. The van der Waals surface area contributed by atoms with Crippen molar-refractivity contribution in [1.29, 1.82) is 0 Å². The molecule has 0 saturated carbocycles. The molecule has 2 aromatic heterocycles. The zero-order valence-corrected chi connectivity index (χ0v) is 21.5. The number of rotatable bonds is 6. The maximum absolute atomic E-state index is 15.0. The van der Waals surface area contributed by atoms with E-state index in [1.54, 1.807) is 13.0 Å². The summed E-state index contributed by atoms with van der Waals surface area (Å²) in [6, 6.07) is 8.35. The van der Waals surface area contributed by atoms with E-state index in [-0.39, 0.29) is 47.1 Å². The first-order valence-corrected chi connectivity index (χ1v) is 12.6. The van der Waals surface area contributed by atoms with Gasteiger partial charge in [-0.1, -0.05) is 35.0 Å². The van der Waals surface area contributed by atoms with Crippen molar-refractivity contribution < 1.29 is 23.2 Å². The summed E-state index contributed by atoms with van der Waals surface area (Å²) >= 11 is 6.20. The van der Waals surface area contributed by atoms with Gasteiger partial charge in [0.15, 0.2) is 5.54 Å². The van der Waals surface area contributed by atoms with E-state index in [9.17, 15) is 9.59 Å². The summed E-state index contributed by atoms with van der Waals surface area (Å²) in [5, 5.41) is 10.00. The molecular weight excluding hydrogens is 527 g/mol. The highest BCUT2D eigenvalue weighted by molar-refractivity contribution is 6.31. The van der Waals surface area contributed by atoms with Crippen LogP contribution in [0.1, 0.15) is 39.8 Å². The van der Waals surface area contributed by atoms with Crippen molar-refractivity contribution in [2.75, 3.05) is 13.2 Å². The van der Waals surface area contributed by atoms with Crippen molar-refractivity contribution in [1.82, 2.24) is 30.7 Å². The summed E-state index contributed by atoms with van der Waals surface area (Å²) in [5.41, 5.74) is 2.51. The smallest absolute Gasteiger partial charge is 0.255 e. The Morgan fingerprint density at radius 2 is 1.95 bits per heavy atom. The second-order valence-corrected chi connectivity index (χ2v) is 10.0. The first kappa shape index (κ1) is 25.1. The lowest BCUT2D eigenvalue weighted by Gasteiger charge is -2.40. The second-order valence-electron chi connectivity index (χ2n) is 9.58. The van der Waals surface area contributed by atoms with Crippen LogP contribution in [0.4, 0.5) is 4.39 Å². The molecule has 1 saturated heterocycles. The van der Waals surface area contributed by atoms with Crippen molar-refractivity contribution in [3.8, 4) is 22.5 Å². The molecule has 12 heteroatoms. The first-order valence-electron chi connectivity index (χ1n) is 12.2. The number of nitrogens with zero attached hydrogens (tertiary/aromatic N) is 4. The molecule has 1 aliphatic heterocycles. The number of aryl methyl sites for hydroxylation is 2. The van der Waals surface area contributed by atoms with E-state index in [1.807, 2.05) is 18.2 Å². The van der Waals surface area contributed by atoms with Crippen molar-refractivity contribution in [3.05, 3.63) is 82.5 Å². The molecule has 0 unspecified atom stereocenters. The Kier molecular flexibility index (Phi) is 6.32. The van der Waals surface area contributed by atoms with E-state index in [0.717, 1.165) is 16.7 Å². The van der Waals surface area contributed by atoms with Crippen LogP contribution in [-0.4, -0.2) is 50.7 Å². The van der Waals surface area contributed by atoms with Crippen LogP contribution in [0.3, 0.4) is 0 Å². The summed E-state index contributed by atoms with van der Waals surface area (Å²) < 4.78 is 25.4. The Morgan fingerprint density at radius 3 is 2.64 bits per heavy atom. The number of nitrogens with one attached hydrogen (secondary N) is 2. The number of halogens is 2. The summed E-state index contributed by atoms with van der Waals surface area (Å²) in [7, 11) is 0. The van der Waals surface area contributed by atoms with E-state index < -0.39 is 17.3 Å². The molecule has 1 aliphatic carbocycles. The SMILES string of the molecule is Cc1nc(-c2c(F)cc(Cl)cc2-c2ccc3c(c2)CC[C@@H]3NC(=O)C2(NC(=O)c3cncnc3)COC2)no1. The largest absolute Gasteiger partial charge is 0.375 e. The Balaban J connectivity index is 1.24. The van der Waals surface area contributed by atoms with Gasteiger partial charge in [0.1, 0.15) is 12.1 Å². The van der Waals surface area contributed by atoms with E-state index in [4.69, 9.17) is 20.9 Å². The topological polar surface area (TPSA) is 132 Å². The average Bonchev–Trinajstić information content (AvgIpc) is 3.51. The van der Waals surface area contributed by atoms with Crippen LogP contribution in [0.2, 0.25) is 5.02 Å². The molecule has 2 amide bonds. The van der Waals surface area contributed by atoms with Gasteiger partial charge in [-0.25, -0.2) is 14.4 Å². The number of benzene rings is 2. The Hall–Kier alpha value is -4.22. The highest BCUT2D eigenvalue weighted by Crippen LogP contribution is 2.39. The third-order valence-electron chi connectivity index (χ3n) is 6.95. The van der Waals surface area contributed by atoms with Crippen molar-refractivity contribution in [3.63, 3.8) is 0 Å². The van der Waals surface area contributed by atoms with Crippen molar-refractivity contribution in [2.45, 2.75) is 31.3 Å². The number of amides is 2. The van der Waals surface area contributed by atoms with E-state index in [2.05, 4.69) is 30.7 Å². The molecule has 2 aliphatic rings. The zero-order valence-electron chi connectivity index (χ0n) is 20.7. The lowest BCUT2D eigenvalue weighted by Crippen LogP contribution is -2.70. The zero-order chi connectivity index (χ0) is 27.1. The van der Waals surface area contributed by atoms with Crippen LogP contribution in [0.25, 0.3) is 22.5 Å². The lowest BCUT2D eigenvalue weighted by atomic mass is 9.93. The summed E-state index contributed by atoms with van der Waals surface area (Å²) in [6.07, 6.45) is 5.46. The fraction of sp³-hybridized carbons (Fsp3) is 0.259. The standard InChI is InChI=1S/C27H22ClFN6O4/c1-14-32-24(35-39-14)23-20(7-18(28)8-21(23)29)16-2-4-19-15(6-16)3-5-22(19)33-26(37)27(11-38-12-27)34-25(36)17-9-30-13-31-10-17/h2,4,6-10,13,22H,3,5,11-12H2,1H3,(H,33,37)(H,34,36)/t22-/m0/s1.